The number of aliphatic carboxylic acids is 8. The van der Waals surface area contributed by atoms with Crippen molar-refractivity contribution in [3.8, 4) is 0 Å². The summed E-state index contributed by atoms with van der Waals surface area (Å²) in [6.45, 7) is 10.1. The zero-order valence-electron chi connectivity index (χ0n) is 60.6. The molecule has 0 aromatic carbocycles. The number of hydrogen-bond acceptors (Lipinski definition) is 35. The molecule has 9 atom stereocenters. The summed E-state index contributed by atoms with van der Waals surface area (Å²) in [5, 5.41) is 70.7. The van der Waals surface area contributed by atoms with Crippen LogP contribution in [-0.4, -0.2) is 330 Å². The number of carboxylic acids is 8. The molecule has 0 amide bonds. The van der Waals surface area contributed by atoms with Crippen LogP contribution < -0.4 is 51.2 Å². The Hall–Kier alpha value is -5.22. The average Bonchev–Trinajstić information content (AvgIpc) is 1.77. The van der Waals surface area contributed by atoms with Crippen molar-refractivity contribution < 1.29 is 160 Å². The summed E-state index contributed by atoms with van der Waals surface area (Å²) in [5.74, 6) is -7.21. The fourth-order valence-corrected chi connectivity index (χ4v) is 10.2. The van der Waals surface area contributed by atoms with Gasteiger partial charge in [0.25, 0.3) is 0 Å². The van der Waals surface area contributed by atoms with Crippen LogP contribution in [0, 0.1) is 0 Å². The first-order chi connectivity index (χ1) is 51.0. The van der Waals surface area contributed by atoms with Gasteiger partial charge >= 0.3 is 47.8 Å². The molecule has 8 saturated heterocycles. The second-order valence-corrected chi connectivity index (χ2v) is 25.6. The minimum Gasteiger partial charge on any atom is -0.480 e. The van der Waals surface area contributed by atoms with Crippen LogP contribution in [0.3, 0.4) is 0 Å². The van der Waals surface area contributed by atoms with Crippen molar-refractivity contribution in [1.29, 1.82) is 0 Å². The van der Waals surface area contributed by atoms with Gasteiger partial charge in [0, 0.05) is 44.0 Å². The van der Waals surface area contributed by atoms with Gasteiger partial charge in [-0.3, -0.25) is 43.2 Å². The van der Waals surface area contributed by atoms with Crippen molar-refractivity contribution in [2.45, 2.75) is 221 Å². The van der Waals surface area contributed by atoms with E-state index in [-0.39, 0.29) is 83.6 Å². The zero-order valence-corrected chi connectivity index (χ0v) is 61.4. The maximum Gasteiger partial charge on any atom is 0.322 e. The molecule has 108 heavy (non-hydrogen) atoms. The minimum absolute atomic E-state index is 0. The molecule has 0 aromatic rings. The zero-order chi connectivity index (χ0) is 79.7. The number of carboxylic acid groups (broad SMARTS) is 8. The molecule has 25 N–H and O–H groups in total. The number of Topliss-reactive ketones (excluding diaryl/α,β-unsaturated/α-hetero) is 1. The van der Waals surface area contributed by atoms with Crippen LogP contribution in [0.5, 0.6) is 0 Å². The summed E-state index contributed by atoms with van der Waals surface area (Å²) < 4.78 is 82.4. The van der Waals surface area contributed by atoms with E-state index >= 15 is 0 Å². The number of unbranched alkanes of at least 4 members (excludes halogenated alkanes) is 3. The Balaban J connectivity index is 0.00000121. The van der Waals surface area contributed by atoms with E-state index in [4.69, 9.17) is 163 Å². The Labute approximate surface area is 632 Å². The van der Waals surface area contributed by atoms with E-state index in [9.17, 15) is 43.2 Å². The van der Waals surface area contributed by atoms with Crippen LogP contribution in [-0.2, 0) is 119 Å². The number of nitrogens with two attached hydrogens (primary N) is 8. The lowest BCUT2D eigenvalue weighted by atomic mass is 10.1. The van der Waals surface area contributed by atoms with E-state index in [1.807, 2.05) is 0 Å². The molecule has 8 heterocycles. The van der Waals surface area contributed by atoms with Gasteiger partial charge in [-0.1, -0.05) is 33.1 Å². The van der Waals surface area contributed by atoms with E-state index < -0.39 is 102 Å². The summed E-state index contributed by atoms with van der Waals surface area (Å²) in [6, 6.07) is -6.78. The molecular weight excluding hydrogens is 1470 g/mol. The molecule has 0 spiro atoms. The third kappa shape index (κ3) is 55.2. The van der Waals surface area contributed by atoms with Gasteiger partial charge in [0.1, 0.15) is 54.1 Å². The third-order valence-electron chi connectivity index (χ3n) is 15.4. The lowest BCUT2D eigenvalue weighted by molar-refractivity contribution is -0.142. The predicted molar refractivity (Wildman–Crippen MR) is 380 cm³/mol. The fourth-order valence-electron chi connectivity index (χ4n) is 9.32. The highest BCUT2D eigenvalue weighted by atomic mass is 32.2. The Morgan fingerprint density at radius 3 is 1.15 bits per heavy atom. The molecule has 0 aliphatic carbocycles. The van der Waals surface area contributed by atoms with Crippen LogP contribution >= 0.6 is 11.8 Å². The number of nitrogens with one attached hydrogen (secondary N) is 1. The maximum absolute atomic E-state index is 11.2. The largest absolute Gasteiger partial charge is 0.480 e. The van der Waals surface area contributed by atoms with Crippen LogP contribution in [0.2, 0.25) is 0 Å². The van der Waals surface area contributed by atoms with Crippen molar-refractivity contribution in [3.05, 3.63) is 0 Å². The molecule has 632 valence electrons. The molecule has 0 radical (unpaired) electrons. The summed E-state index contributed by atoms with van der Waals surface area (Å²) in [7, 11) is 0. The predicted octanol–water partition coefficient (Wildman–Crippen LogP) is -2.24. The molecule has 8 rings (SSSR count). The second kappa shape index (κ2) is 64.3. The lowest BCUT2D eigenvalue weighted by Crippen LogP contribution is -2.42. The van der Waals surface area contributed by atoms with E-state index in [2.05, 4.69) is 5.32 Å². The summed E-state index contributed by atoms with van der Waals surface area (Å²) in [6.07, 6.45) is 11.5. The van der Waals surface area contributed by atoms with Crippen LogP contribution in [0.15, 0.2) is 0 Å². The molecule has 9 unspecified atom stereocenters. The van der Waals surface area contributed by atoms with Crippen molar-refractivity contribution in [1.82, 2.24) is 5.32 Å². The Bertz CT molecular complexity index is 2230. The van der Waals surface area contributed by atoms with Gasteiger partial charge < -0.3 is 168 Å². The number of carbonyl (C=O) groups is 9. The summed E-state index contributed by atoms with van der Waals surface area (Å²) in [4.78, 5) is 93.9. The number of thioether (sulfide) groups is 1. The Morgan fingerprint density at radius 1 is 0.361 bits per heavy atom. The van der Waals surface area contributed by atoms with Crippen LogP contribution in [0.25, 0.3) is 0 Å². The molecule has 43 heteroatoms. The molecule has 0 bridgehead atoms. The lowest BCUT2D eigenvalue weighted by Gasteiger charge is -2.11. The van der Waals surface area contributed by atoms with Gasteiger partial charge in [-0.25, -0.2) is 0 Å². The highest BCUT2D eigenvalue weighted by Gasteiger charge is 2.26. The van der Waals surface area contributed by atoms with Gasteiger partial charge in [-0.05, 0) is 70.6 Å². The van der Waals surface area contributed by atoms with E-state index in [0.717, 1.165) is 70.8 Å². The summed E-state index contributed by atoms with van der Waals surface area (Å²) >= 11 is 1.43. The first-order valence-electron chi connectivity index (χ1n) is 35.5. The Morgan fingerprint density at radius 2 is 0.722 bits per heavy atom. The van der Waals surface area contributed by atoms with Gasteiger partial charge in [0.2, 0.25) is 0 Å². The quantitative estimate of drug-likeness (QED) is 0.0287. The number of rotatable bonds is 42. The topological polar surface area (TPSA) is 683 Å². The van der Waals surface area contributed by atoms with E-state index in [1.54, 1.807) is 0 Å². The molecular formula is C65H123N9O33S. The molecule has 8 aliphatic rings. The van der Waals surface area contributed by atoms with E-state index in [1.165, 1.54) is 18.2 Å². The van der Waals surface area contributed by atoms with Crippen molar-refractivity contribution in [3.63, 3.8) is 0 Å². The first-order valence-corrected chi connectivity index (χ1v) is 36.6. The normalized spacial score (nSPS) is 20.4. The highest BCUT2D eigenvalue weighted by Crippen LogP contribution is 2.20. The van der Waals surface area contributed by atoms with Crippen molar-refractivity contribution in [2.24, 2.45) is 45.9 Å². The number of hydrogen-bond donors (Lipinski definition) is 17. The maximum atomic E-state index is 11.2. The van der Waals surface area contributed by atoms with Crippen LogP contribution in [0.1, 0.15) is 123 Å². The van der Waals surface area contributed by atoms with Crippen LogP contribution in [0.4, 0.5) is 0 Å². The number of carbonyl (C=O) groups excluding carboxylic acids is 1. The number of ketones is 1. The molecule has 42 nitrogen and oxygen atoms in total. The fraction of sp³-hybridized carbons (Fsp3) is 0.862. The minimum atomic E-state index is -1.17. The second-order valence-electron chi connectivity index (χ2n) is 24.5. The third-order valence-corrected chi connectivity index (χ3v) is 16.5. The average molecular weight is 1590 g/mol. The van der Waals surface area contributed by atoms with Gasteiger partial charge in [0.15, 0.2) is 44.0 Å². The molecule has 0 saturated carbocycles. The standard InChI is InChI=1S/C10H19NO4.C10H19NO3.C8H13NO5.C8H15NO4.C7H14N2O4.C7H13NO5.C7H13NO4S.C7H13NO4.CH4/c11-8(10(12)13)4-2-1-3-5-9-14-6-7-15-9;11-9(10(12)13)6-2-1-4-8-5-3-7-14-8;9-6(8(11)12)3-5(10)4-7-13-1-2-14-7;9-6(8(10)11)2-1-3-7-12-4-5-13-7;8-5(7(10)11)3-9-4-6-12-1-2-13-6;8-5(7(9)10)3-11-4-6-12-1-2-13-6;8-5(7(9)10)3-13-4-6-11-1-2-12-6;8-5(7(9)10)1-2-6-11-3-4-12-6;/h8-9H,1-7,11H2,(H,12,13);8-9H,1-7,11H2,(H,12,13);6-7H,1-4,9H2,(H,11,12);6-7H,1-5,9H2,(H,10,11);5-6,9H,1-4,8H2,(H,10,11);2*5-6H,1-4,8H2,(H,9,10);5-6H,1-4,8H2,(H,9,10);1H4. The SMILES string of the molecule is C.NC(CC(=O)CC1OCCO1)C(=O)O.NC(CCC1OCCO1)C(=O)O.NC(CCCC1OCCO1)C(=O)O.NC(CCCCC1CCCO1)C(=O)O.NC(CCCCCC1OCCO1)C(=O)O.NC(CNCC1OCCO1)C(=O)O.NC(COCC1OCCO1)C(=O)O.NC(CSCC1OCCO1)C(=O)O. The summed E-state index contributed by atoms with van der Waals surface area (Å²) in [5.41, 5.74) is 42.3. The first kappa shape index (κ1) is 103. The van der Waals surface area contributed by atoms with Gasteiger partial charge in [0.05, 0.1) is 118 Å². The number of ether oxygens (including phenoxy) is 16. The molecule has 0 aromatic heterocycles. The van der Waals surface area contributed by atoms with Crippen molar-refractivity contribution in [2.75, 3.05) is 137 Å². The highest BCUT2D eigenvalue weighted by molar-refractivity contribution is 7.99. The van der Waals surface area contributed by atoms with Gasteiger partial charge in [-0.15, -0.1) is 0 Å². The molecule has 8 fully saturated rings. The smallest absolute Gasteiger partial charge is 0.322 e. The molecule has 8 aliphatic heterocycles. The van der Waals surface area contributed by atoms with Crippen molar-refractivity contribution >= 4 is 65.3 Å². The van der Waals surface area contributed by atoms with E-state index in [0.29, 0.717) is 149 Å². The Kier molecular flexibility index (Phi) is 61.2. The monoisotopic (exact) mass is 1590 g/mol. The van der Waals surface area contributed by atoms with Gasteiger partial charge in [-0.2, -0.15) is 11.8 Å².